The van der Waals surface area contributed by atoms with E-state index in [1.165, 1.54) is 31.2 Å². The van der Waals surface area contributed by atoms with Crippen LogP contribution in [0.1, 0.15) is 18.5 Å². The number of hydrogen-bond acceptors (Lipinski definition) is 5. The number of halogens is 1. The number of urea groups is 1. The second-order valence-electron chi connectivity index (χ2n) is 6.48. The molecule has 2 aromatic carbocycles. The quantitative estimate of drug-likeness (QED) is 0.703. The molecular weight excluding hydrogens is 391 g/mol. The number of methoxy groups -OCH3 is 1. The molecule has 0 saturated heterocycles. The summed E-state index contributed by atoms with van der Waals surface area (Å²) < 4.78 is 30.3. The van der Waals surface area contributed by atoms with Gasteiger partial charge in [0.15, 0.2) is 11.6 Å². The van der Waals surface area contributed by atoms with Gasteiger partial charge in [-0.3, -0.25) is 4.90 Å². The van der Waals surface area contributed by atoms with E-state index in [9.17, 15) is 14.0 Å². The zero-order valence-electron chi connectivity index (χ0n) is 17.0. The summed E-state index contributed by atoms with van der Waals surface area (Å²) in [5.41, 5.74) is 1.06. The van der Waals surface area contributed by atoms with E-state index in [1.807, 2.05) is 0 Å². The largest absolute Gasteiger partial charge is 0.496 e. The zero-order valence-corrected chi connectivity index (χ0v) is 17.0. The monoisotopic (exact) mass is 414 g/mol. The van der Waals surface area contributed by atoms with Crippen LogP contribution < -0.4 is 14.8 Å². The van der Waals surface area contributed by atoms with Gasteiger partial charge in [0.25, 0.3) is 0 Å². The minimum atomic E-state index is -0.817. The number of nitrogens with zero attached hydrogens (tertiary/aromatic N) is 1. The first-order valence-corrected chi connectivity index (χ1v) is 9.42. The Morgan fingerprint density at radius 3 is 2.47 bits per heavy atom. The summed E-state index contributed by atoms with van der Waals surface area (Å²) in [7, 11) is 3.01. The Labute approximate surface area is 174 Å². The lowest BCUT2D eigenvalue weighted by atomic mass is 9.94. The van der Waals surface area contributed by atoms with E-state index in [4.69, 9.17) is 14.2 Å². The highest BCUT2D eigenvalue weighted by molar-refractivity contribution is 5.95. The second kappa shape index (κ2) is 9.30. The minimum absolute atomic E-state index is 0.0152. The lowest BCUT2D eigenvalue weighted by Crippen LogP contribution is -2.48. The van der Waals surface area contributed by atoms with Crippen molar-refractivity contribution in [2.24, 2.45) is 0 Å². The summed E-state index contributed by atoms with van der Waals surface area (Å²) in [5, 5.41) is 2.80. The first kappa shape index (κ1) is 21.2. The maximum atomic E-state index is 14.0. The van der Waals surface area contributed by atoms with Crippen LogP contribution >= 0.6 is 0 Å². The Balaban J connectivity index is 2.08. The van der Waals surface area contributed by atoms with E-state index in [-0.39, 0.29) is 30.2 Å². The Kier molecular flexibility index (Phi) is 6.56. The zero-order chi connectivity index (χ0) is 21.7. The molecule has 1 N–H and O–H groups in total. The fourth-order valence-electron chi connectivity index (χ4n) is 3.23. The number of carbonyl (C=O) groups is 2. The van der Waals surface area contributed by atoms with Crippen molar-refractivity contribution in [3.8, 4) is 11.5 Å². The maximum absolute atomic E-state index is 14.0. The summed E-state index contributed by atoms with van der Waals surface area (Å²) in [6.45, 7) is 1.64. The molecule has 7 nitrogen and oxygen atoms in total. The van der Waals surface area contributed by atoms with Gasteiger partial charge in [-0.25, -0.2) is 14.0 Å². The topological polar surface area (TPSA) is 77.1 Å². The Morgan fingerprint density at radius 2 is 1.80 bits per heavy atom. The maximum Gasteiger partial charge on any atom is 0.338 e. The number of ether oxygens (including phenoxy) is 3. The van der Waals surface area contributed by atoms with Gasteiger partial charge in [-0.05, 0) is 25.1 Å². The Hall–Kier alpha value is -3.55. The fourth-order valence-corrected chi connectivity index (χ4v) is 3.23. The van der Waals surface area contributed by atoms with Crippen molar-refractivity contribution >= 4 is 12.0 Å². The highest BCUT2D eigenvalue weighted by atomic mass is 19.1. The van der Waals surface area contributed by atoms with Crippen LogP contribution in [-0.4, -0.2) is 44.3 Å². The number of hydrogen-bond donors (Lipinski definition) is 1. The molecule has 2 aromatic rings. The lowest BCUT2D eigenvalue weighted by Gasteiger charge is -2.34. The number of para-hydroxylation sites is 2. The van der Waals surface area contributed by atoms with E-state index >= 15 is 0 Å². The van der Waals surface area contributed by atoms with E-state index < -0.39 is 23.9 Å². The third-order valence-corrected chi connectivity index (χ3v) is 4.72. The molecule has 1 atom stereocenters. The smallest absolute Gasteiger partial charge is 0.338 e. The number of benzene rings is 2. The second-order valence-corrected chi connectivity index (χ2v) is 6.48. The third kappa shape index (κ3) is 4.22. The van der Waals surface area contributed by atoms with Gasteiger partial charge in [-0.15, -0.1) is 0 Å². The predicted octanol–water partition coefficient (Wildman–Crippen LogP) is 3.43. The molecular formula is C22H23FN2O5. The van der Waals surface area contributed by atoms with Crippen LogP contribution in [0.5, 0.6) is 11.5 Å². The van der Waals surface area contributed by atoms with Crippen LogP contribution in [0.25, 0.3) is 0 Å². The Morgan fingerprint density at radius 1 is 1.13 bits per heavy atom. The molecule has 0 spiro atoms. The Bertz CT molecular complexity index is 976. The summed E-state index contributed by atoms with van der Waals surface area (Å²) in [5.74, 6) is -0.627. The molecule has 3 rings (SSSR count). The summed E-state index contributed by atoms with van der Waals surface area (Å²) in [6, 6.07) is 11.7. The van der Waals surface area contributed by atoms with Crippen molar-refractivity contribution in [1.29, 1.82) is 0 Å². The molecule has 0 saturated carbocycles. The van der Waals surface area contributed by atoms with E-state index in [0.717, 1.165) is 0 Å². The number of carbonyl (C=O) groups excluding carboxylic acids is 2. The average molecular weight is 414 g/mol. The predicted molar refractivity (Wildman–Crippen MR) is 108 cm³/mol. The van der Waals surface area contributed by atoms with Crippen molar-refractivity contribution in [2.45, 2.75) is 13.0 Å². The fraction of sp³-hybridized carbons (Fsp3) is 0.273. The van der Waals surface area contributed by atoms with Crippen LogP contribution in [0, 0.1) is 5.82 Å². The molecule has 0 bridgehead atoms. The summed E-state index contributed by atoms with van der Waals surface area (Å²) >= 11 is 0. The van der Waals surface area contributed by atoms with Crippen LogP contribution in [0.3, 0.4) is 0 Å². The van der Waals surface area contributed by atoms with Crippen LogP contribution in [0.15, 0.2) is 59.8 Å². The number of rotatable bonds is 7. The van der Waals surface area contributed by atoms with E-state index in [2.05, 4.69) is 5.32 Å². The van der Waals surface area contributed by atoms with Gasteiger partial charge in [0.2, 0.25) is 0 Å². The molecule has 0 unspecified atom stereocenters. The molecule has 8 heteroatoms. The molecule has 1 aliphatic rings. The van der Waals surface area contributed by atoms with Gasteiger partial charge in [0.1, 0.15) is 12.4 Å². The van der Waals surface area contributed by atoms with Crippen LogP contribution in [0.2, 0.25) is 0 Å². The molecule has 1 aliphatic heterocycles. The highest BCUT2D eigenvalue weighted by Gasteiger charge is 2.38. The number of esters is 1. The van der Waals surface area contributed by atoms with Crippen molar-refractivity contribution in [3.05, 3.63) is 71.2 Å². The van der Waals surface area contributed by atoms with Gasteiger partial charge in [0, 0.05) is 12.6 Å². The minimum Gasteiger partial charge on any atom is -0.496 e. The van der Waals surface area contributed by atoms with Gasteiger partial charge >= 0.3 is 12.0 Å². The lowest BCUT2D eigenvalue weighted by molar-refractivity contribution is -0.139. The number of nitrogens with one attached hydrogen (secondary N) is 1. The normalized spacial score (nSPS) is 16.2. The average Bonchev–Trinajstić information content (AvgIpc) is 2.75. The molecule has 158 valence electrons. The molecule has 0 fully saturated rings. The first-order valence-electron chi connectivity index (χ1n) is 9.42. The summed E-state index contributed by atoms with van der Waals surface area (Å²) in [6.07, 6.45) is 0. The van der Waals surface area contributed by atoms with Crippen molar-refractivity contribution in [2.75, 3.05) is 27.4 Å². The summed E-state index contributed by atoms with van der Waals surface area (Å²) in [4.78, 5) is 26.8. The standard InChI is InChI=1S/C22H23FN2O5/c1-4-29-21(26)19-16(13-30-18-12-8-6-10-15(18)23)25(2)22(27)24-20(19)14-9-5-7-11-17(14)28-3/h5-12,20H,4,13H2,1-3H3,(H,24,27)/t20-/m0/s1. The van der Waals surface area contributed by atoms with Crippen LogP contribution in [-0.2, 0) is 9.53 Å². The van der Waals surface area contributed by atoms with Crippen molar-refractivity contribution in [3.63, 3.8) is 0 Å². The van der Waals surface area contributed by atoms with Gasteiger partial charge in [-0.2, -0.15) is 0 Å². The van der Waals surface area contributed by atoms with Crippen molar-refractivity contribution in [1.82, 2.24) is 10.2 Å². The number of amides is 2. The van der Waals surface area contributed by atoms with Crippen molar-refractivity contribution < 1.29 is 28.2 Å². The molecule has 0 aliphatic carbocycles. The number of likely N-dealkylation sites (N-methyl/N-ethyl adjacent to an activating group) is 1. The molecule has 2 amide bonds. The van der Waals surface area contributed by atoms with Crippen LogP contribution in [0.4, 0.5) is 9.18 Å². The SMILES string of the molecule is CCOC(=O)C1=C(COc2ccccc2F)N(C)C(=O)N[C@H]1c1ccccc1OC. The van der Waals surface area contributed by atoms with Gasteiger partial charge in [-0.1, -0.05) is 30.3 Å². The van der Waals surface area contributed by atoms with Gasteiger partial charge < -0.3 is 19.5 Å². The molecule has 30 heavy (non-hydrogen) atoms. The van der Waals surface area contributed by atoms with E-state index in [1.54, 1.807) is 43.3 Å². The highest BCUT2D eigenvalue weighted by Crippen LogP contribution is 2.35. The third-order valence-electron chi connectivity index (χ3n) is 4.72. The van der Waals surface area contributed by atoms with E-state index in [0.29, 0.717) is 11.3 Å². The molecule has 0 radical (unpaired) electrons. The first-order chi connectivity index (χ1) is 14.5. The van der Waals surface area contributed by atoms with Gasteiger partial charge in [0.05, 0.1) is 31.0 Å². The molecule has 0 aromatic heterocycles. The molecule has 1 heterocycles.